The Labute approximate surface area is 84.9 Å². The zero-order valence-corrected chi connectivity index (χ0v) is 7.79. The predicted molar refractivity (Wildman–Crippen MR) is 47.2 cm³/mol. The van der Waals surface area contributed by atoms with E-state index in [0.717, 1.165) is 0 Å². The number of hydrogen-bond donors (Lipinski definition) is 5. The van der Waals surface area contributed by atoms with Crippen LogP contribution in [0.2, 0.25) is 0 Å². The molecule has 1 unspecified atom stereocenters. The lowest BCUT2D eigenvalue weighted by atomic mass is 10.3. The molecule has 0 aromatic heterocycles. The molecule has 8 nitrogen and oxygen atoms in total. The maximum absolute atomic E-state index is 9.65. The third-order valence-electron chi connectivity index (χ3n) is 1.07. The molecule has 0 aliphatic carbocycles. The molecule has 0 aliphatic heterocycles. The fraction of sp³-hybridized carbons (Fsp3) is 0.571. The van der Waals surface area contributed by atoms with Gasteiger partial charge in [0.05, 0.1) is 19.4 Å². The largest absolute Gasteiger partial charge is 0.481 e. The van der Waals surface area contributed by atoms with Gasteiger partial charge in [-0.3, -0.25) is 14.4 Å². The van der Waals surface area contributed by atoms with Crippen molar-refractivity contribution in [3.63, 3.8) is 0 Å². The second kappa shape index (κ2) is 8.91. The highest BCUT2D eigenvalue weighted by atomic mass is 16.4. The summed E-state index contributed by atoms with van der Waals surface area (Å²) in [5, 5.41) is 31.7. The summed E-state index contributed by atoms with van der Waals surface area (Å²) in [7, 11) is 0. The minimum Gasteiger partial charge on any atom is -0.481 e. The Bertz CT molecular complexity index is 213. The van der Waals surface area contributed by atoms with Crippen molar-refractivity contribution in [1.82, 2.24) is 0 Å². The van der Waals surface area contributed by atoms with E-state index in [4.69, 9.17) is 26.2 Å². The number of aliphatic hydroxyl groups excluding tert-OH is 1. The molecule has 0 aromatic carbocycles. The first kappa shape index (κ1) is 15.8. The van der Waals surface area contributed by atoms with Crippen molar-refractivity contribution in [2.24, 2.45) is 5.73 Å². The summed E-state index contributed by atoms with van der Waals surface area (Å²) in [6, 6.07) is -1.13. The number of aliphatic carboxylic acids is 3. The maximum atomic E-state index is 9.65. The van der Waals surface area contributed by atoms with Gasteiger partial charge in [-0.25, -0.2) is 0 Å². The van der Waals surface area contributed by atoms with Crippen LogP contribution in [0.3, 0.4) is 0 Å². The van der Waals surface area contributed by atoms with Crippen LogP contribution in [0.5, 0.6) is 0 Å². The molecule has 8 heteroatoms. The van der Waals surface area contributed by atoms with Crippen LogP contribution in [0.15, 0.2) is 0 Å². The molecule has 0 saturated heterocycles. The van der Waals surface area contributed by atoms with Crippen LogP contribution < -0.4 is 5.73 Å². The zero-order chi connectivity index (χ0) is 12.4. The molecule has 0 amide bonds. The summed E-state index contributed by atoms with van der Waals surface area (Å²) in [6.45, 7) is -0.505. The quantitative estimate of drug-likeness (QED) is 0.370. The highest BCUT2D eigenvalue weighted by Crippen LogP contribution is 1.86. The average molecular weight is 223 g/mol. The first-order valence-corrected chi connectivity index (χ1v) is 3.84. The Kier molecular flexibility index (Phi) is 9.37. The molecule has 0 bridgehead atoms. The molecule has 0 saturated carbocycles. The van der Waals surface area contributed by atoms with Crippen LogP contribution >= 0.6 is 0 Å². The molecule has 1 atom stereocenters. The Balaban J connectivity index is 0. The highest BCUT2D eigenvalue weighted by molar-refractivity contribution is 5.75. The number of aliphatic hydroxyl groups is 1. The fourth-order valence-electron chi connectivity index (χ4n) is 0.292. The van der Waals surface area contributed by atoms with Crippen molar-refractivity contribution in [1.29, 1.82) is 0 Å². The van der Waals surface area contributed by atoms with Crippen molar-refractivity contribution in [2.75, 3.05) is 6.61 Å². The second-order valence-corrected chi connectivity index (χ2v) is 2.41. The van der Waals surface area contributed by atoms with Crippen LogP contribution in [0.4, 0.5) is 0 Å². The van der Waals surface area contributed by atoms with E-state index in [-0.39, 0.29) is 12.8 Å². The zero-order valence-electron chi connectivity index (χ0n) is 7.79. The van der Waals surface area contributed by atoms with Gasteiger partial charge in [0.1, 0.15) is 6.04 Å². The lowest BCUT2D eigenvalue weighted by Crippen LogP contribution is -2.33. The van der Waals surface area contributed by atoms with E-state index in [2.05, 4.69) is 0 Å². The summed E-state index contributed by atoms with van der Waals surface area (Å²) in [5.74, 6) is -3.33. The van der Waals surface area contributed by atoms with E-state index in [9.17, 15) is 14.4 Å². The van der Waals surface area contributed by atoms with Crippen LogP contribution in [-0.4, -0.2) is 51.0 Å². The van der Waals surface area contributed by atoms with Gasteiger partial charge in [-0.05, 0) is 0 Å². The van der Waals surface area contributed by atoms with E-state index < -0.39 is 30.6 Å². The minimum atomic E-state index is -1.18. The Morgan fingerprint density at radius 3 is 1.40 bits per heavy atom. The summed E-state index contributed by atoms with van der Waals surface area (Å²) >= 11 is 0. The molecule has 0 aromatic rings. The predicted octanol–water partition coefficient (Wildman–Crippen LogP) is -1.67. The van der Waals surface area contributed by atoms with Gasteiger partial charge in [-0.2, -0.15) is 0 Å². The van der Waals surface area contributed by atoms with Crippen molar-refractivity contribution in [3.8, 4) is 0 Å². The number of nitrogens with two attached hydrogens (primary N) is 1. The Morgan fingerprint density at radius 1 is 1.00 bits per heavy atom. The first-order chi connectivity index (χ1) is 6.81. The summed E-state index contributed by atoms with van der Waals surface area (Å²) < 4.78 is 0. The van der Waals surface area contributed by atoms with Crippen molar-refractivity contribution < 1.29 is 34.8 Å². The summed E-state index contributed by atoms with van der Waals surface area (Å²) in [6.07, 6.45) is -0.593. The lowest BCUT2D eigenvalue weighted by Gasteiger charge is -1.96. The average Bonchev–Trinajstić information content (AvgIpc) is 2.14. The van der Waals surface area contributed by atoms with Gasteiger partial charge in [0.25, 0.3) is 0 Å². The van der Waals surface area contributed by atoms with Crippen molar-refractivity contribution in [2.45, 2.75) is 18.9 Å². The summed E-state index contributed by atoms with van der Waals surface area (Å²) in [5.41, 5.74) is 4.77. The molecule has 0 spiro atoms. The maximum Gasteiger partial charge on any atom is 0.322 e. The molecule has 0 heterocycles. The van der Waals surface area contributed by atoms with Crippen LogP contribution in [0.1, 0.15) is 12.8 Å². The Hall–Kier alpha value is -1.67. The second-order valence-electron chi connectivity index (χ2n) is 2.41. The number of carboxylic acid groups (broad SMARTS) is 3. The third kappa shape index (κ3) is 15.1. The van der Waals surface area contributed by atoms with Gasteiger partial charge >= 0.3 is 17.9 Å². The summed E-state index contributed by atoms with van der Waals surface area (Å²) in [4.78, 5) is 28.9. The van der Waals surface area contributed by atoms with Crippen molar-refractivity contribution in [3.05, 3.63) is 0 Å². The minimum absolute atomic E-state index is 0.296. The number of hydrogen-bond acceptors (Lipinski definition) is 5. The standard InChI is InChI=1S/C4H6O4.C3H7NO3/c5-3(6)1-2-4(7)8;4-2(1-5)3(6)7/h1-2H2,(H,5,6)(H,7,8);2,5H,1,4H2,(H,6,7). The molecule has 88 valence electrons. The normalized spacial score (nSPS) is 10.8. The van der Waals surface area contributed by atoms with Gasteiger partial charge in [0.15, 0.2) is 0 Å². The molecule has 0 rings (SSSR count). The fourth-order valence-corrected chi connectivity index (χ4v) is 0.292. The van der Waals surface area contributed by atoms with Crippen LogP contribution in [0.25, 0.3) is 0 Å². The molecule has 6 N–H and O–H groups in total. The number of rotatable bonds is 5. The molecular weight excluding hydrogens is 210 g/mol. The van der Waals surface area contributed by atoms with Gasteiger partial charge in [0, 0.05) is 0 Å². The molecular formula is C7H13NO7. The first-order valence-electron chi connectivity index (χ1n) is 3.84. The van der Waals surface area contributed by atoms with E-state index in [1.165, 1.54) is 0 Å². The van der Waals surface area contributed by atoms with E-state index in [1.54, 1.807) is 0 Å². The molecule has 0 aliphatic rings. The van der Waals surface area contributed by atoms with Crippen LogP contribution in [0, 0.1) is 0 Å². The van der Waals surface area contributed by atoms with E-state index in [0.29, 0.717) is 0 Å². The van der Waals surface area contributed by atoms with Gasteiger partial charge < -0.3 is 26.2 Å². The molecule has 0 radical (unpaired) electrons. The SMILES string of the molecule is NC(CO)C(=O)O.O=C(O)CCC(=O)O. The lowest BCUT2D eigenvalue weighted by molar-refractivity contribution is -0.143. The Morgan fingerprint density at radius 2 is 1.33 bits per heavy atom. The number of carbonyl (C=O) groups is 3. The smallest absolute Gasteiger partial charge is 0.322 e. The topological polar surface area (TPSA) is 158 Å². The molecule has 0 fully saturated rings. The van der Waals surface area contributed by atoms with Gasteiger partial charge in [0.2, 0.25) is 0 Å². The third-order valence-corrected chi connectivity index (χ3v) is 1.07. The van der Waals surface area contributed by atoms with Gasteiger partial charge in [-0.1, -0.05) is 0 Å². The monoisotopic (exact) mass is 223 g/mol. The van der Waals surface area contributed by atoms with Gasteiger partial charge in [-0.15, -0.1) is 0 Å². The van der Waals surface area contributed by atoms with Crippen molar-refractivity contribution >= 4 is 17.9 Å². The highest BCUT2D eigenvalue weighted by Gasteiger charge is 2.07. The van der Waals surface area contributed by atoms with E-state index in [1.807, 2.05) is 0 Å². The van der Waals surface area contributed by atoms with Crippen LogP contribution in [-0.2, 0) is 14.4 Å². The number of carboxylic acids is 3. The molecule has 15 heavy (non-hydrogen) atoms. The van der Waals surface area contributed by atoms with E-state index >= 15 is 0 Å².